The first kappa shape index (κ1) is 14.5. The van der Waals surface area contributed by atoms with E-state index in [2.05, 4.69) is 16.6 Å². The van der Waals surface area contributed by atoms with Gasteiger partial charge in [0.05, 0.1) is 0 Å². The molecule has 16 heavy (non-hydrogen) atoms. The van der Waals surface area contributed by atoms with Crippen molar-refractivity contribution in [1.29, 1.82) is 0 Å². The maximum Gasteiger partial charge on any atom is 0.408 e. The van der Waals surface area contributed by atoms with Crippen LogP contribution < -0.4 is 5.32 Å². The van der Waals surface area contributed by atoms with Crippen LogP contribution >= 0.6 is 0 Å². The summed E-state index contributed by atoms with van der Waals surface area (Å²) in [6.07, 6.45) is 1.02. The van der Waals surface area contributed by atoms with Crippen molar-refractivity contribution in [3.05, 3.63) is 12.7 Å². The molecule has 0 radical (unpaired) electrons. The number of hydrogen-bond donors (Lipinski definition) is 2. The molecule has 0 aromatic heterocycles. The Morgan fingerprint density at radius 2 is 2.06 bits per heavy atom. The number of carboxylic acids is 1. The van der Waals surface area contributed by atoms with E-state index in [0.29, 0.717) is 6.42 Å². The standard InChI is InChI=1S/C11H19NO4/c1-5-6-16-10(15)12-8(9(13)14)7-11(2,3)4/h5,8H,1,6-7H2,2-4H3,(H,12,15)(H,13,14). The quantitative estimate of drug-likeness (QED) is 0.705. The summed E-state index contributed by atoms with van der Waals surface area (Å²) in [6, 6.07) is -0.933. The summed E-state index contributed by atoms with van der Waals surface area (Å²) >= 11 is 0. The Morgan fingerprint density at radius 1 is 1.50 bits per heavy atom. The fraction of sp³-hybridized carbons (Fsp3) is 0.636. The average molecular weight is 229 g/mol. The molecule has 0 fully saturated rings. The van der Waals surface area contributed by atoms with E-state index in [1.54, 1.807) is 0 Å². The normalized spacial score (nSPS) is 12.7. The SMILES string of the molecule is C=CCOC(=O)NC(CC(C)(C)C)C(=O)O. The molecule has 0 bridgehead atoms. The van der Waals surface area contributed by atoms with Crippen molar-refractivity contribution in [2.45, 2.75) is 33.2 Å². The van der Waals surface area contributed by atoms with Gasteiger partial charge in [-0.2, -0.15) is 0 Å². The largest absolute Gasteiger partial charge is 0.480 e. The van der Waals surface area contributed by atoms with Crippen molar-refractivity contribution in [1.82, 2.24) is 5.32 Å². The molecule has 1 atom stereocenters. The predicted octanol–water partition coefficient (Wildman–Crippen LogP) is 1.79. The predicted molar refractivity (Wildman–Crippen MR) is 60.2 cm³/mol. The summed E-state index contributed by atoms with van der Waals surface area (Å²) in [7, 11) is 0. The van der Waals surface area contributed by atoms with Gasteiger partial charge >= 0.3 is 12.1 Å². The number of rotatable bonds is 5. The highest BCUT2D eigenvalue weighted by molar-refractivity contribution is 5.79. The highest BCUT2D eigenvalue weighted by Gasteiger charge is 2.26. The van der Waals surface area contributed by atoms with Crippen LogP contribution in [-0.2, 0) is 9.53 Å². The van der Waals surface area contributed by atoms with Crippen LogP contribution in [-0.4, -0.2) is 29.8 Å². The van der Waals surface area contributed by atoms with Crippen LogP contribution in [0.5, 0.6) is 0 Å². The smallest absolute Gasteiger partial charge is 0.408 e. The molecule has 5 nitrogen and oxygen atoms in total. The minimum Gasteiger partial charge on any atom is -0.480 e. The van der Waals surface area contributed by atoms with Gasteiger partial charge in [0, 0.05) is 0 Å². The zero-order valence-corrected chi connectivity index (χ0v) is 9.95. The molecular formula is C11H19NO4. The highest BCUT2D eigenvalue weighted by Crippen LogP contribution is 2.20. The fourth-order valence-electron chi connectivity index (χ4n) is 1.13. The van der Waals surface area contributed by atoms with Gasteiger partial charge in [0.25, 0.3) is 0 Å². The van der Waals surface area contributed by atoms with Gasteiger partial charge in [-0.1, -0.05) is 33.4 Å². The van der Waals surface area contributed by atoms with Crippen molar-refractivity contribution in [2.24, 2.45) is 5.41 Å². The van der Waals surface area contributed by atoms with E-state index in [1.165, 1.54) is 6.08 Å². The highest BCUT2D eigenvalue weighted by atomic mass is 16.5. The summed E-state index contributed by atoms with van der Waals surface area (Å²) in [5.41, 5.74) is -0.186. The molecule has 2 N–H and O–H groups in total. The van der Waals surface area contributed by atoms with E-state index in [0.717, 1.165) is 0 Å². The van der Waals surface area contributed by atoms with E-state index >= 15 is 0 Å². The number of alkyl carbamates (subject to hydrolysis) is 1. The van der Waals surface area contributed by atoms with Crippen LogP contribution in [0.2, 0.25) is 0 Å². The van der Waals surface area contributed by atoms with Crippen LogP contribution in [0.1, 0.15) is 27.2 Å². The Balaban J connectivity index is 4.29. The third-order valence-electron chi connectivity index (χ3n) is 1.74. The van der Waals surface area contributed by atoms with E-state index in [1.807, 2.05) is 20.8 Å². The molecule has 0 aromatic carbocycles. The Hall–Kier alpha value is -1.52. The monoisotopic (exact) mass is 229 g/mol. The van der Waals surface area contributed by atoms with Crippen LogP contribution in [0.15, 0.2) is 12.7 Å². The van der Waals surface area contributed by atoms with Crippen LogP contribution in [0.4, 0.5) is 4.79 Å². The first-order valence-electron chi connectivity index (χ1n) is 5.03. The molecule has 0 aliphatic heterocycles. The molecule has 5 heteroatoms. The molecular weight excluding hydrogens is 210 g/mol. The van der Waals surface area contributed by atoms with Crippen LogP contribution in [0.3, 0.4) is 0 Å². The summed E-state index contributed by atoms with van der Waals surface area (Å²) in [5, 5.41) is 11.2. The molecule has 0 aliphatic rings. The lowest BCUT2D eigenvalue weighted by Gasteiger charge is -2.23. The molecule has 0 aromatic rings. The summed E-state index contributed by atoms with van der Waals surface area (Å²) in [5.74, 6) is -1.06. The summed E-state index contributed by atoms with van der Waals surface area (Å²) in [4.78, 5) is 22.1. The van der Waals surface area contributed by atoms with Crippen molar-refractivity contribution in [3.8, 4) is 0 Å². The van der Waals surface area contributed by atoms with Crippen molar-refractivity contribution in [3.63, 3.8) is 0 Å². The lowest BCUT2D eigenvalue weighted by molar-refractivity contribution is -0.140. The summed E-state index contributed by atoms with van der Waals surface area (Å²) < 4.78 is 4.65. The van der Waals surface area contributed by atoms with Gasteiger partial charge in [-0.25, -0.2) is 9.59 Å². The number of nitrogens with one attached hydrogen (secondary N) is 1. The van der Waals surface area contributed by atoms with E-state index < -0.39 is 18.1 Å². The molecule has 0 rings (SSSR count). The number of amides is 1. The van der Waals surface area contributed by atoms with Gasteiger partial charge in [-0.05, 0) is 11.8 Å². The molecule has 0 spiro atoms. The number of carbonyl (C=O) groups excluding carboxylic acids is 1. The van der Waals surface area contributed by atoms with Crippen molar-refractivity contribution >= 4 is 12.1 Å². The Bertz CT molecular complexity index is 268. The topological polar surface area (TPSA) is 75.6 Å². The fourth-order valence-corrected chi connectivity index (χ4v) is 1.13. The van der Waals surface area contributed by atoms with E-state index in [4.69, 9.17) is 5.11 Å². The third kappa shape index (κ3) is 6.86. The zero-order chi connectivity index (χ0) is 12.8. The molecule has 0 heterocycles. The third-order valence-corrected chi connectivity index (χ3v) is 1.74. The molecule has 1 unspecified atom stereocenters. The lowest BCUT2D eigenvalue weighted by Crippen LogP contribution is -2.43. The second-order valence-electron chi connectivity index (χ2n) is 4.69. The van der Waals surface area contributed by atoms with Gasteiger partial charge in [0.15, 0.2) is 0 Å². The molecule has 0 saturated heterocycles. The number of aliphatic carboxylic acids is 1. The van der Waals surface area contributed by atoms with Gasteiger partial charge < -0.3 is 15.2 Å². The maximum absolute atomic E-state index is 11.2. The lowest BCUT2D eigenvalue weighted by atomic mass is 9.88. The van der Waals surface area contributed by atoms with E-state index in [9.17, 15) is 9.59 Å². The molecule has 1 amide bonds. The zero-order valence-electron chi connectivity index (χ0n) is 9.95. The van der Waals surface area contributed by atoms with Gasteiger partial charge in [-0.3, -0.25) is 0 Å². The Labute approximate surface area is 95.5 Å². The van der Waals surface area contributed by atoms with Crippen LogP contribution in [0.25, 0.3) is 0 Å². The van der Waals surface area contributed by atoms with Crippen molar-refractivity contribution < 1.29 is 19.4 Å². The number of carboxylic acid groups (broad SMARTS) is 1. The first-order valence-corrected chi connectivity index (χ1v) is 5.03. The molecule has 0 saturated carbocycles. The average Bonchev–Trinajstić information content (AvgIpc) is 2.11. The Morgan fingerprint density at radius 3 is 2.44 bits per heavy atom. The van der Waals surface area contributed by atoms with Gasteiger partial charge in [0.1, 0.15) is 12.6 Å². The second kappa shape index (κ2) is 6.15. The van der Waals surface area contributed by atoms with Crippen LogP contribution in [0, 0.1) is 5.41 Å². The van der Waals surface area contributed by atoms with Gasteiger partial charge in [0.2, 0.25) is 0 Å². The number of carbonyl (C=O) groups is 2. The number of hydrogen-bond acceptors (Lipinski definition) is 3. The first-order chi connectivity index (χ1) is 7.26. The molecule has 0 aliphatic carbocycles. The number of ether oxygens (including phenoxy) is 1. The second-order valence-corrected chi connectivity index (χ2v) is 4.69. The van der Waals surface area contributed by atoms with Crippen molar-refractivity contribution in [2.75, 3.05) is 6.61 Å². The maximum atomic E-state index is 11.2. The minimum atomic E-state index is -1.06. The Kier molecular flexibility index (Phi) is 5.56. The van der Waals surface area contributed by atoms with E-state index in [-0.39, 0.29) is 12.0 Å². The minimum absolute atomic E-state index is 0.0632. The summed E-state index contributed by atoms with van der Waals surface area (Å²) in [6.45, 7) is 9.16. The van der Waals surface area contributed by atoms with Gasteiger partial charge in [-0.15, -0.1) is 0 Å². The molecule has 92 valence electrons.